The molecular weight excluding hydrogens is 355 g/mol. The van der Waals surface area contributed by atoms with E-state index in [2.05, 4.69) is 5.32 Å². The molecule has 8 heteroatoms. The van der Waals surface area contributed by atoms with Crippen LogP contribution in [0.15, 0.2) is 24.3 Å². The van der Waals surface area contributed by atoms with Crippen molar-refractivity contribution in [3.8, 4) is 0 Å². The van der Waals surface area contributed by atoms with Gasteiger partial charge in [-0.25, -0.2) is 0 Å². The highest BCUT2D eigenvalue weighted by molar-refractivity contribution is 7.53. The maximum atomic E-state index is 12.5. The van der Waals surface area contributed by atoms with Gasteiger partial charge in [-0.05, 0) is 43.9 Å². The molecule has 146 valence electrons. The summed E-state index contributed by atoms with van der Waals surface area (Å²) in [5.74, 6) is -0.710. The number of hydrogen-bond acceptors (Lipinski definition) is 5. The lowest BCUT2D eigenvalue weighted by molar-refractivity contribution is -0.120. The van der Waals surface area contributed by atoms with Gasteiger partial charge in [0, 0.05) is 5.56 Å². The molecule has 0 aliphatic carbocycles. The Labute approximate surface area is 155 Å². The lowest BCUT2D eigenvalue weighted by Gasteiger charge is -2.18. The minimum atomic E-state index is -3.19. The van der Waals surface area contributed by atoms with Gasteiger partial charge >= 0.3 is 7.60 Å². The summed E-state index contributed by atoms with van der Waals surface area (Å²) in [4.78, 5) is 23.8. The number of carbonyl (C=O) groups is 2. The van der Waals surface area contributed by atoms with Crippen molar-refractivity contribution in [1.29, 1.82) is 0 Å². The summed E-state index contributed by atoms with van der Waals surface area (Å²) >= 11 is 0. The summed E-state index contributed by atoms with van der Waals surface area (Å²) in [6.07, 6.45) is 0.610. The molecule has 1 rings (SSSR count). The van der Waals surface area contributed by atoms with Crippen LogP contribution < -0.4 is 11.1 Å². The van der Waals surface area contributed by atoms with E-state index in [0.717, 1.165) is 5.56 Å². The predicted molar refractivity (Wildman–Crippen MR) is 101 cm³/mol. The first-order chi connectivity index (χ1) is 12.2. The second-order valence-electron chi connectivity index (χ2n) is 6.36. The topological polar surface area (TPSA) is 108 Å². The van der Waals surface area contributed by atoms with E-state index in [1.54, 1.807) is 38.1 Å². The minimum Gasteiger partial charge on any atom is -0.368 e. The fourth-order valence-electron chi connectivity index (χ4n) is 2.47. The molecule has 0 unspecified atom stereocenters. The van der Waals surface area contributed by atoms with E-state index in [1.165, 1.54) is 0 Å². The Morgan fingerprint density at radius 1 is 1.12 bits per heavy atom. The van der Waals surface area contributed by atoms with Crippen LogP contribution >= 0.6 is 7.60 Å². The molecule has 0 aliphatic heterocycles. The number of nitrogens with two attached hydrogens (primary N) is 1. The van der Waals surface area contributed by atoms with Gasteiger partial charge in [0.05, 0.1) is 19.4 Å². The van der Waals surface area contributed by atoms with E-state index >= 15 is 0 Å². The lowest BCUT2D eigenvalue weighted by Crippen LogP contribution is -2.45. The van der Waals surface area contributed by atoms with Crippen molar-refractivity contribution in [2.45, 2.75) is 46.3 Å². The van der Waals surface area contributed by atoms with Crippen molar-refractivity contribution in [2.24, 2.45) is 11.7 Å². The largest absolute Gasteiger partial charge is 0.368 e. The summed E-state index contributed by atoms with van der Waals surface area (Å²) in [5.41, 5.74) is 6.48. The van der Waals surface area contributed by atoms with Crippen LogP contribution in [0.5, 0.6) is 0 Å². The number of nitrogens with one attached hydrogen (secondary N) is 1. The van der Waals surface area contributed by atoms with Gasteiger partial charge in [-0.1, -0.05) is 26.0 Å². The van der Waals surface area contributed by atoms with Crippen LogP contribution in [0.3, 0.4) is 0 Å². The third-order valence-electron chi connectivity index (χ3n) is 3.60. The predicted octanol–water partition coefficient (Wildman–Crippen LogP) is 3.08. The standard InChI is InChI=1S/C18H29N2O5P/c1-5-24-26(23,25-6-2)12-14-7-9-15(10-8-14)18(22)20-16(17(19)21)11-13(3)4/h7-10,13,16H,5-6,11-12H2,1-4H3,(H2,19,21)(H,20,22)/t16-/m1/s1. The highest BCUT2D eigenvalue weighted by Crippen LogP contribution is 2.51. The van der Waals surface area contributed by atoms with Crippen LogP contribution in [0.4, 0.5) is 0 Å². The monoisotopic (exact) mass is 384 g/mol. The van der Waals surface area contributed by atoms with Gasteiger partial charge < -0.3 is 20.1 Å². The van der Waals surface area contributed by atoms with Crippen molar-refractivity contribution in [1.82, 2.24) is 5.32 Å². The van der Waals surface area contributed by atoms with Gasteiger partial charge in [0.2, 0.25) is 5.91 Å². The number of benzene rings is 1. The smallest absolute Gasteiger partial charge is 0.335 e. The Morgan fingerprint density at radius 3 is 2.08 bits per heavy atom. The molecule has 0 spiro atoms. The molecule has 0 radical (unpaired) electrons. The SMILES string of the molecule is CCOP(=O)(Cc1ccc(C(=O)N[C@H](CC(C)C)C(N)=O)cc1)OCC. The van der Waals surface area contributed by atoms with E-state index in [0.29, 0.717) is 25.2 Å². The average molecular weight is 384 g/mol. The number of rotatable bonds is 11. The molecule has 0 saturated heterocycles. The van der Waals surface area contributed by atoms with Crippen molar-refractivity contribution < 1.29 is 23.2 Å². The zero-order chi connectivity index (χ0) is 19.7. The summed E-state index contributed by atoms with van der Waals surface area (Å²) in [6.45, 7) is 8.00. The molecule has 0 saturated carbocycles. The normalized spacial score (nSPS) is 12.8. The molecule has 3 N–H and O–H groups in total. The number of hydrogen-bond donors (Lipinski definition) is 2. The highest BCUT2D eigenvalue weighted by atomic mass is 31.2. The van der Waals surface area contributed by atoms with Crippen molar-refractivity contribution >= 4 is 19.4 Å². The van der Waals surface area contributed by atoms with E-state index < -0.39 is 19.5 Å². The summed E-state index contributed by atoms with van der Waals surface area (Å²) < 4.78 is 23.1. The molecule has 0 fully saturated rings. The van der Waals surface area contributed by atoms with E-state index in [-0.39, 0.29) is 18.0 Å². The molecular formula is C18H29N2O5P. The molecule has 1 aromatic carbocycles. The van der Waals surface area contributed by atoms with Crippen LogP contribution in [0.2, 0.25) is 0 Å². The van der Waals surface area contributed by atoms with Gasteiger partial charge in [0.1, 0.15) is 6.04 Å². The Hall–Kier alpha value is -1.69. The molecule has 1 atom stereocenters. The maximum Gasteiger partial charge on any atom is 0.335 e. The van der Waals surface area contributed by atoms with Crippen molar-refractivity contribution in [3.63, 3.8) is 0 Å². The molecule has 0 heterocycles. The molecule has 0 bridgehead atoms. The Kier molecular flexibility index (Phi) is 8.99. The first kappa shape index (κ1) is 22.4. The van der Waals surface area contributed by atoms with Crippen molar-refractivity contribution in [3.05, 3.63) is 35.4 Å². The first-order valence-corrected chi connectivity index (χ1v) is 10.5. The van der Waals surface area contributed by atoms with E-state index in [4.69, 9.17) is 14.8 Å². The Bertz CT molecular complexity index is 635. The second-order valence-corrected chi connectivity index (χ2v) is 8.41. The molecule has 2 amide bonds. The van der Waals surface area contributed by atoms with E-state index in [9.17, 15) is 14.2 Å². The zero-order valence-electron chi connectivity index (χ0n) is 15.9. The van der Waals surface area contributed by atoms with Crippen LogP contribution in [-0.4, -0.2) is 31.1 Å². The van der Waals surface area contributed by atoms with Gasteiger partial charge in [-0.3, -0.25) is 14.2 Å². The van der Waals surface area contributed by atoms with Crippen LogP contribution in [0, 0.1) is 5.92 Å². The first-order valence-electron chi connectivity index (χ1n) is 8.78. The fourth-order valence-corrected chi connectivity index (χ4v) is 4.17. The molecule has 7 nitrogen and oxygen atoms in total. The van der Waals surface area contributed by atoms with Crippen LogP contribution in [-0.2, 0) is 24.6 Å². The van der Waals surface area contributed by atoms with Crippen molar-refractivity contribution in [2.75, 3.05) is 13.2 Å². The number of primary amides is 1. The second kappa shape index (κ2) is 10.5. The van der Waals surface area contributed by atoms with Crippen LogP contribution in [0.25, 0.3) is 0 Å². The Morgan fingerprint density at radius 2 is 1.65 bits per heavy atom. The molecule has 26 heavy (non-hydrogen) atoms. The minimum absolute atomic E-state index is 0.133. The van der Waals surface area contributed by atoms with E-state index in [1.807, 2.05) is 13.8 Å². The molecule has 0 aliphatic rings. The molecule has 1 aromatic rings. The maximum absolute atomic E-state index is 12.5. The summed E-state index contributed by atoms with van der Waals surface area (Å²) in [6, 6.07) is 5.90. The Balaban J connectivity index is 2.81. The quantitative estimate of drug-likeness (QED) is 0.570. The highest BCUT2D eigenvalue weighted by Gasteiger charge is 2.24. The van der Waals surface area contributed by atoms with Gasteiger partial charge in [-0.2, -0.15) is 0 Å². The number of carbonyl (C=O) groups excluding carboxylic acids is 2. The average Bonchev–Trinajstić information content (AvgIpc) is 2.54. The lowest BCUT2D eigenvalue weighted by atomic mass is 10.0. The van der Waals surface area contributed by atoms with Gasteiger partial charge in [-0.15, -0.1) is 0 Å². The third-order valence-corrected chi connectivity index (χ3v) is 5.66. The fraction of sp³-hybridized carbons (Fsp3) is 0.556. The molecule has 0 aromatic heterocycles. The zero-order valence-corrected chi connectivity index (χ0v) is 16.8. The third kappa shape index (κ3) is 7.28. The summed E-state index contributed by atoms with van der Waals surface area (Å²) in [7, 11) is -3.19. The van der Waals surface area contributed by atoms with Gasteiger partial charge in [0.25, 0.3) is 5.91 Å². The number of amides is 2. The summed E-state index contributed by atoms with van der Waals surface area (Å²) in [5, 5.41) is 2.65. The van der Waals surface area contributed by atoms with Crippen LogP contribution in [0.1, 0.15) is 50.0 Å². The van der Waals surface area contributed by atoms with Gasteiger partial charge in [0.15, 0.2) is 0 Å².